The van der Waals surface area contributed by atoms with Crippen LogP contribution < -0.4 is 16.6 Å². The van der Waals surface area contributed by atoms with Crippen LogP contribution in [0.2, 0.25) is 0 Å². The lowest BCUT2D eigenvalue weighted by atomic mass is 10.0. The molecule has 28 heavy (non-hydrogen) atoms. The normalized spacial score (nSPS) is 12.1. The molecular formula is C20H17FN6O. The number of nitrogens with zero attached hydrogens (tertiary/aromatic N) is 3. The maximum Gasteiger partial charge on any atom is 0.276 e. The minimum absolute atomic E-state index is 0.00315. The average Bonchev–Trinajstić information content (AvgIpc) is 2.71. The summed E-state index contributed by atoms with van der Waals surface area (Å²) >= 11 is 0. The number of H-pyrrole nitrogens is 1. The van der Waals surface area contributed by atoms with E-state index in [9.17, 15) is 9.18 Å². The van der Waals surface area contributed by atoms with E-state index in [0.717, 1.165) is 5.56 Å². The monoisotopic (exact) mass is 376 g/mol. The molecule has 0 aliphatic carbocycles. The number of rotatable bonds is 4. The van der Waals surface area contributed by atoms with E-state index >= 15 is 0 Å². The third-order valence-corrected chi connectivity index (χ3v) is 4.40. The first-order chi connectivity index (χ1) is 13.5. The number of anilines is 2. The molecule has 0 saturated heterocycles. The van der Waals surface area contributed by atoms with Gasteiger partial charge >= 0.3 is 0 Å². The maximum absolute atomic E-state index is 13.7. The summed E-state index contributed by atoms with van der Waals surface area (Å²) in [5.41, 5.74) is 8.19. The Morgan fingerprint density at radius 1 is 1.18 bits per heavy atom. The number of hydrogen-bond acceptors (Lipinski definition) is 6. The highest BCUT2D eigenvalue weighted by Gasteiger charge is 2.18. The highest BCUT2D eigenvalue weighted by atomic mass is 19.1. The lowest BCUT2D eigenvalue weighted by molar-refractivity contribution is 0.629. The first-order valence-electron chi connectivity index (χ1n) is 8.64. The second-order valence-corrected chi connectivity index (χ2v) is 6.33. The van der Waals surface area contributed by atoms with Gasteiger partial charge in [-0.05, 0) is 43.3 Å². The van der Waals surface area contributed by atoms with Gasteiger partial charge in [0.15, 0.2) is 5.82 Å². The molecule has 1 atom stereocenters. The van der Waals surface area contributed by atoms with Gasteiger partial charge in [0, 0.05) is 17.1 Å². The summed E-state index contributed by atoms with van der Waals surface area (Å²) in [6.45, 7) is 1.88. The molecule has 4 N–H and O–H groups in total. The molecule has 0 aliphatic rings. The Morgan fingerprint density at radius 3 is 2.82 bits per heavy atom. The Hall–Kier alpha value is -3.81. The number of pyridine rings is 2. The van der Waals surface area contributed by atoms with Crippen LogP contribution >= 0.6 is 0 Å². The predicted octanol–water partition coefficient (Wildman–Crippen LogP) is 3.27. The Bertz CT molecular complexity index is 1210. The van der Waals surface area contributed by atoms with Crippen LogP contribution in [0.4, 0.5) is 15.9 Å². The number of fused-ring (bicyclic) bond motifs is 1. The lowest BCUT2D eigenvalue weighted by Crippen LogP contribution is -2.18. The van der Waals surface area contributed by atoms with Crippen LogP contribution in [0.25, 0.3) is 22.2 Å². The van der Waals surface area contributed by atoms with Gasteiger partial charge < -0.3 is 16.0 Å². The van der Waals surface area contributed by atoms with Crippen LogP contribution in [0.15, 0.2) is 59.8 Å². The van der Waals surface area contributed by atoms with Crippen molar-refractivity contribution in [2.45, 2.75) is 13.0 Å². The molecule has 1 unspecified atom stereocenters. The SMILES string of the molecule is CC(Nc1nc[nH]c(=O)c1N)c1nc2ccc(F)cc2cc1-c1ccccn1. The van der Waals surface area contributed by atoms with Gasteiger partial charge in [-0.2, -0.15) is 0 Å². The number of nitrogens with two attached hydrogens (primary N) is 1. The smallest absolute Gasteiger partial charge is 0.276 e. The molecule has 1 aromatic carbocycles. The Balaban J connectivity index is 1.85. The molecule has 0 aliphatic heterocycles. The summed E-state index contributed by atoms with van der Waals surface area (Å²) in [6, 6.07) is 11.5. The number of hydrogen-bond donors (Lipinski definition) is 3. The number of benzene rings is 1. The lowest BCUT2D eigenvalue weighted by Gasteiger charge is -2.19. The molecule has 140 valence electrons. The molecule has 0 bridgehead atoms. The fourth-order valence-electron chi connectivity index (χ4n) is 3.02. The van der Waals surface area contributed by atoms with Gasteiger partial charge in [0.25, 0.3) is 5.56 Å². The standard InChI is InChI=1S/C20H17FN6O/c1-11(26-19-17(22)20(28)25-10-24-19)18-14(16-4-2-3-7-23-16)9-12-8-13(21)5-6-15(12)27-18/h2-11H,22H2,1H3,(H2,24,25,26,28). The highest BCUT2D eigenvalue weighted by molar-refractivity contribution is 5.84. The summed E-state index contributed by atoms with van der Waals surface area (Å²) in [4.78, 5) is 27.4. The average molecular weight is 376 g/mol. The third kappa shape index (κ3) is 3.27. The molecule has 0 radical (unpaired) electrons. The maximum atomic E-state index is 13.7. The molecule has 3 aromatic heterocycles. The van der Waals surface area contributed by atoms with Crippen molar-refractivity contribution in [3.63, 3.8) is 0 Å². The second kappa shape index (κ2) is 7.07. The Kier molecular flexibility index (Phi) is 4.44. The van der Waals surface area contributed by atoms with E-state index in [1.54, 1.807) is 12.3 Å². The van der Waals surface area contributed by atoms with Crippen LogP contribution in [-0.2, 0) is 0 Å². The molecule has 8 heteroatoms. The van der Waals surface area contributed by atoms with Crippen molar-refractivity contribution >= 4 is 22.4 Å². The van der Waals surface area contributed by atoms with E-state index in [2.05, 4.69) is 20.3 Å². The molecule has 0 fully saturated rings. The van der Waals surface area contributed by atoms with Gasteiger partial charge in [-0.15, -0.1) is 0 Å². The highest BCUT2D eigenvalue weighted by Crippen LogP contribution is 2.31. The van der Waals surface area contributed by atoms with Crippen molar-refractivity contribution in [2.24, 2.45) is 0 Å². The predicted molar refractivity (Wildman–Crippen MR) is 106 cm³/mol. The summed E-state index contributed by atoms with van der Waals surface area (Å²) in [6.07, 6.45) is 2.97. The Labute approximate surface area is 159 Å². The van der Waals surface area contributed by atoms with E-state index < -0.39 is 5.56 Å². The minimum Gasteiger partial charge on any atom is -0.391 e. The van der Waals surface area contributed by atoms with Gasteiger partial charge in [-0.1, -0.05) is 6.07 Å². The number of nitrogen functional groups attached to an aromatic ring is 1. The van der Waals surface area contributed by atoms with Crippen molar-refractivity contribution < 1.29 is 4.39 Å². The van der Waals surface area contributed by atoms with Crippen LogP contribution in [-0.4, -0.2) is 19.9 Å². The van der Waals surface area contributed by atoms with Crippen molar-refractivity contribution in [3.8, 4) is 11.3 Å². The zero-order valence-electron chi connectivity index (χ0n) is 15.0. The third-order valence-electron chi connectivity index (χ3n) is 4.40. The van der Waals surface area contributed by atoms with Gasteiger partial charge in [0.1, 0.15) is 11.5 Å². The first kappa shape index (κ1) is 17.6. The van der Waals surface area contributed by atoms with Crippen LogP contribution in [0.5, 0.6) is 0 Å². The molecule has 7 nitrogen and oxygen atoms in total. The molecule has 4 aromatic rings. The van der Waals surface area contributed by atoms with E-state index in [1.807, 2.05) is 31.2 Å². The molecule has 0 amide bonds. The zero-order valence-corrected chi connectivity index (χ0v) is 15.0. The topological polar surface area (TPSA) is 110 Å². The van der Waals surface area contributed by atoms with E-state index in [-0.39, 0.29) is 23.4 Å². The van der Waals surface area contributed by atoms with Crippen LogP contribution in [0.1, 0.15) is 18.7 Å². The van der Waals surface area contributed by atoms with Gasteiger partial charge in [-0.3, -0.25) is 9.78 Å². The van der Waals surface area contributed by atoms with E-state index in [4.69, 9.17) is 10.7 Å². The van der Waals surface area contributed by atoms with Crippen molar-refractivity contribution in [1.82, 2.24) is 19.9 Å². The summed E-state index contributed by atoms with van der Waals surface area (Å²) < 4.78 is 13.7. The van der Waals surface area contributed by atoms with Crippen molar-refractivity contribution in [1.29, 1.82) is 0 Å². The van der Waals surface area contributed by atoms with Crippen molar-refractivity contribution in [3.05, 3.63) is 76.9 Å². The van der Waals surface area contributed by atoms with Crippen LogP contribution in [0.3, 0.4) is 0 Å². The molecule has 4 rings (SSSR count). The summed E-state index contributed by atoms with van der Waals surface area (Å²) in [5, 5.41) is 3.80. The Morgan fingerprint density at radius 2 is 2.04 bits per heavy atom. The van der Waals surface area contributed by atoms with Gasteiger partial charge in [0.2, 0.25) is 0 Å². The number of aromatic nitrogens is 4. The summed E-state index contributed by atoms with van der Waals surface area (Å²) in [5.74, 6) is -0.0649. The van der Waals surface area contributed by atoms with Gasteiger partial charge in [0.05, 0.1) is 29.3 Å². The quantitative estimate of drug-likeness (QED) is 0.504. The minimum atomic E-state index is -0.420. The van der Waals surface area contributed by atoms with Crippen molar-refractivity contribution in [2.75, 3.05) is 11.1 Å². The van der Waals surface area contributed by atoms with E-state index in [0.29, 0.717) is 22.3 Å². The van der Waals surface area contributed by atoms with Gasteiger partial charge in [-0.25, -0.2) is 14.4 Å². The summed E-state index contributed by atoms with van der Waals surface area (Å²) in [7, 11) is 0. The zero-order chi connectivity index (χ0) is 19.7. The number of nitrogens with one attached hydrogen (secondary N) is 2. The second-order valence-electron chi connectivity index (χ2n) is 6.33. The largest absolute Gasteiger partial charge is 0.391 e. The molecule has 3 heterocycles. The van der Waals surface area contributed by atoms with E-state index in [1.165, 1.54) is 18.5 Å². The number of halogens is 1. The van der Waals surface area contributed by atoms with Crippen LogP contribution in [0, 0.1) is 5.82 Å². The molecule has 0 spiro atoms. The number of aromatic amines is 1. The molecular weight excluding hydrogens is 359 g/mol. The fourth-order valence-corrected chi connectivity index (χ4v) is 3.02. The first-order valence-corrected chi connectivity index (χ1v) is 8.64. The molecule has 0 saturated carbocycles. The fraction of sp³-hybridized carbons (Fsp3) is 0.100.